The van der Waals surface area contributed by atoms with Crippen molar-refractivity contribution in [3.05, 3.63) is 60.6 Å². The van der Waals surface area contributed by atoms with E-state index >= 15 is 0 Å². The average Bonchev–Trinajstić information content (AvgIpc) is 3.39. The Kier molecular flexibility index (Phi) is 5.03. The van der Waals surface area contributed by atoms with Gasteiger partial charge in [-0.25, -0.2) is 0 Å². The summed E-state index contributed by atoms with van der Waals surface area (Å²) in [5, 5.41) is 13.6. The number of nitrogens with zero attached hydrogens (tertiary/aromatic N) is 6. The lowest BCUT2D eigenvalue weighted by molar-refractivity contribution is 0.243. The van der Waals surface area contributed by atoms with Gasteiger partial charge in [0.25, 0.3) is 0 Å². The van der Waals surface area contributed by atoms with Gasteiger partial charge in [0.2, 0.25) is 0 Å². The second-order valence-electron chi connectivity index (χ2n) is 6.14. The van der Waals surface area contributed by atoms with Crippen LogP contribution in [0.5, 0.6) is 0 Å². The van der Waals surface area contributed by atoms with E-state index in [9.17, 15) is 0 Å². The van der Waals surface area contributed by atoms with Crippen LogP contribution in [0.4, 0.5) is 0 Å². The van der Waals surface area contributed by atoms with E-state index in [0.717, 1.165) is 33.0 Å². The molecule has 0 fully saturated rings. The first-order chi connectivity index (χ1) is 13.2. The molecule has 4 aromatic heterocycles. The smallest absolute Gasteiger partial charge is 0.198 e. The van der Waals surface area contributed by atoms with E-state index in [2.05, 4.69) is 25.2 Å². The van der Waals surface area contributed by atoms with Crippen molar-refractivity contribution in [2.24, 2.45) is 7.05 Å². The van der Waals surface area contributed by atoms with Crippen molar-refractivity contribution in [3.63, 3.8) is 0 Å². The van der Waals surface area contributed by atoms with Gasteiger partial charge in [0.15, 0.2) is 16.0 Å². The molecule has 0 aliphatic carbocycles. The van der Waals surface area contributed by atoms with Crippen molar-refractivity contribution in [1.82, 2.24) is 29.8 Å². The van der Waals surface area contributed by atoms with Gasteiger partial charge in [-0.3, -0.25) is 9.88 Å². The van der Waals surface area contributed by atoms with Crippen LogP contribution < -0.4 is 0 Å². The molecule has 27 heavy (non-hydrogen) atoms. The van der Waals surface area contributed by atoms with E-state index in [0.29, 0.717) is 13.1 Å². The summed E-state index contributed by atoms with van der Waals surface area (Å²) in [6, 6.07) is 9.68. The Morgan fingerprint density at radius 3 is 2.85 bits per heavy atom. The van der Waals surface area contributed by atoms with Gasteiger partial charge in [-0.05, 0) is 43.1 Å². The van der Waals surface area contributed by atoms with Gasteiger partial charge >= 0.3 is 0 Å². The Hall–Kier alpha value is -2.91. The molecule has 0 radical (unpaired) electrons. The van der Waals surface area contributed by atoms with Crippen LogP contribution in [0.25, 0.3) is 11.3 Å². The Morgan fingerprint density at radius 2 is 2.07 bits per heavy atom. The maximum absolute atomic E-state index is 5.88. The first-order valence-electron chi connectivity index (χ1n) is 8.32. The Bertz CT molecular complexity index is 1010. The third-order valence-corrected chi connectivity index (χ3v) is 4.84. The fourth-order valence-corrected chi connectivity index (χ4v) is 3.32. The lowest BCUT2D eigenvalue weighted by Crippen LogP contribution is -2.16. The first-order valence-corrected chi connectivity index (χ1v) is 9.14. The molecule has 0 saturated heterocycles. The molecule has 0 unspecified atom stereocenters. The predicted molar refractivity (Wildman–Crippen MR) is 98.7 cm³/mol. The van der Waals surface area contributed by atoms with E-state index in [1.165, 1.54) is 11.8 Å². The Balaban J connectivity index is 1.35. The van der Waals surface area contributed by atoms with Crippen molar-refractivity contribution in [1.29, 1.82) is 0 Å². The number of aryl methyl sites for hydroxylation is 1. The van der Waals surface area contributed by atoms with Crippen LogP contribution in [-0.4, -0.2) is 36.9 Å². The van der Waals surface area contributed by atoms with Gasteiger partial charge < -0.3 is 13.5 Å². The maximum Gasteiger partial charge on any atom is 0.198 e. The fraction of sp³-hybridized carbons (Fsp3) is 0.222. The SMILES string of the molecule is CN(Cc1cc(-c2cccnc2)no1)Cc1ccc(Sc2nncn2C)o1. The molecule has 0 N–H and O–H groups in total. The van der Waals surface area contributed by atoms with Crippen LogP contribution in [0, 0.1) is 0 Å². The highest BCUT2D eigenvalue weighted by atomic mass is 32.2. The van der Waals surface area contributed by atoms with Crippen LogP contribution in [0.2, 0.25) is 0 Å². The van der Waals surface area contributed by atoms with Crippen LogP contribution in [-0.2, 0) is 20.1 Å². The normalized spacial score (nSPS) is 11.4. The minimum Gasteiger partial charge on any atom is -0.453 e. The van der Waals surface area contributed by atoms with Crippen LogP contribution in [0.1, 0.15) is 11.5 Å². The van der Waals surface area contributed by atoms with Crippen molar-refractivity contribution >= 4 is 11.8 Å². The van der Waals surface area contributed by atoms with E-state index in [-0.39, 0.29) is 0 Å². The monoisotopic (exact) mass is 382 g/mol. The predicted octanol–water partition coefficient (Wildman–Crippen LogP) is 3.24. The minimum absolute atomic E-state index is 0.625. The van der Waals surface area contributed by atoms with Gasteiger partial charge in [0.05, 0.1) is 13.1 Å². The summed E-state index contributed by atoms with van der Waals surface area (Å²) in [6.07, 6.45) is 5.17. The van der Waals surface area contributed by atoms with Gasteiger partial charge in [0.1, 0.15) is 17.8 Å². The maximum atomic E-state index is 5.88. The van der Waals surface area contributed by atoms with Crippen molar-refractivity contribution in [3.8, 4) is 11.3 Å². The van der Waals surface area contributed by atoms with Gasteiger partial charge in [0, 0.05) is 31.1 Å². The molecule has 0 aromatic carbocycles. The molecule has 0 saturated carbocycles. The zero-order chi connectivity index (χ0) is 18.6. The zero-order valence-electron chi connectivity index (χ0n) is 14.9. The molecule has 138 valence electrons. The summed E-state index contributed by atoms with van der Waals surface area (Å²) < 4.78 is 13.2. The van der Waals surface area contributed by atoms with E-state index < -0.39 is 0 Å². The van der Waals surface area contributed by atoms with Crippen molar-refractivity contribution in [2.45, 2.75) is 23.3 Å². The molecule has 9 heteroatoms. The summed E-state index contributed by atoms with van der Waals surface area (Å²) in [5.41, 5.74) is 1.72. The topological polar surface area (TPSA) is 86.0 Å². The standard InChI is InChI=1S/C18H18N6O2S/c1-23(11-15-8-16(22-26-15)13-4-3-7-19-9-13)10-14-5-6-17(25-14)27-18-21-20-12-24(18)2/h3-9,12H,10-11H2,1-2H3. The van der Waals surface area contributed by atoms with Gasteiger partial charge in [-0.1, -0.05) is 5.16 Å². The lowest BCUT2D eigenvalue weighted by atomic mass is 10.2. The van der Waals surface area contributed by atoms with Crippen LogP contribution in [0.15, 0.2) is 68.2 Å². The third kappa shape index (κ3) is 4.26. The molecule has 0 amide bonds. The van der Waals surface area contributed by atoms with Gasteiger partial charge in [-0.15, -0.1) is 10.2 Å². The molecule has 0 aliphatic rings. The number of hydrogen-bond acceptors (Lipinski definition) is 8. The van der Waals surface area contributed by atoms with E-state index in [4.69, 9.17) is 8.94 Å². The molecule has 0 atom stereocenters. The quantitative estimate of drug-likeness (QED) is 0.481. The Morgan fingerprint density at radius 1 is 1.19 bits per heavy atom. The molecule has 0 bridgehead atoms. The van der Waals surface area contributed by atoms with Gasteiger partial charge in [-0.2, -0.15) is 0 Å². The number of furan rings is 1. The van der Waals surface area contributed by atoms with Crippen molar-refractivity contribution in [2.75, 3.05) is 7.05 Å². The molecular formula is C18H18N6O2S. The highest BCUT2D eigenvalue weighted by Crippen LogP contribution is 2.27. The highest BCUT2D eigenvalue weighted by molar-refractivity contribution is 7.99. The summed E-state index contributed by atoms with van der Waals surface area (Å²) in [4.78, 5) is 6.21. The summed E-state index contributed by atoms with van der Waals surface area (Å²) >= 11 is 1.44. The van der Waals surface area contributed by atoms with E-state index in [1.807, 2.05) is 49.0 Å². The van der Waals surface area contributed by atoms with Crippen LogP contribution >= 0.6 is 11.8 Å². The number of hydrogen-bond donors (Lipinski definition) is 0. The minimum atomic E-state index is 0.625. The molecule has 0 spiro atoms. The fourth-order valence-electron chi connectivity index (χ4n) is 2.58. The van der Waals surface area contributed by atoms with Crippen LogP contribution in [0.3, 0.4) is 0 Å². The van der Waals surface area contributed by atoms with E-state index in [1.54, 1.807) is 18.7 Å². The Labute approximate surface area is 160 Å². The second-order valence-corrected chi connectivity index (χ2v) is 7.11. The third-order valence-electron chi connectivity index (χ3n) is 3.87. The largest absolute Gasteiger partial charge is 0.453 e. The highest BCUT2D eigenvalue weighted by Gasteiger charge is 2.12. The molecule has 8 nitrogen and oxygen atoms in total. The second kappa shape index (κ2) is 7.77. The van der Waals surface area contributed by atoms with Crippen molar-refractivity contribution < 1.29 is 8.94 Å². The lowest BCUT2D eigenvalue weighted by Gasteiger charge is -2.12. The molecule has 0 aliphatic heterocycles. The number of aromatic nitrogens is 5. The number of rotatable bonds is 7. The summed E-state index contributed by atoms with van der Waals surface area (Å²) in [7, 11) is 3.90. The zero-order valence-corrected chi connectivity index (χ0v) is 15.8. The summed E-state index contributed by atoms with van der Waals surface area (Å²) in [6.45, 7) is 1.28. The first kappa shape index (κ1) is 17.5. The average molecular weight is 382 g/mol. The molecule has 4 heterocycles. The summed E-state index contributed by atoms with van der Waals surface area (Å²) in [5.74, 6) is 1.66. The molecule has 4 rings (SSSR count). The molecule has 4 aromatic rings. The molecular weight excluding hydrogens is 364 g/mol. The number of pyridine rings is 1.